The highest BCUT2D eigenvalue weighted by Gasteiger charge is 2.32. The number of fused-ring (bicyclic) bond motifs is 3. The van der Waals surface area contributed by atoms with Gasteiger partial charge in [0.15, 0.2) is 0 Å². The first-order valence-electron chi connectivity index (χ1n) is 30.1. The number of ether oxygens (including phenoxy) is 4. The predicted molar refractivity (Wildman–Crippen MR) is 349 cm³/mol. The number of carbonyl (C=O) groups is 3. The van der Waals surface area contributed by atoms with Crippen LogP contribution in [0.5, 0.6) is 17.2 Å². The van der Waals surface area contributed by atoms with Gasteiger partial charge in [-0.05, 0) is 161 Å². The molecule has 484 valence electrons. The average Bonchev–Trinajstić information content (AvgIpc) is 1.63. The van der Waals surface area contributed by atoms with E-state index in [9.17, 15) is 28.8 Å². The van der Waals surface area contributed by atoms with E-state index in [1.807, 2.05) is 74.4 Å². The van der Waals surface area contributed by atoms with Crippen LogP contribution in [-0.4, -0.2) is 134 Å². The Morgan fingerprint density at radius 2 is 0.945 bits per heavy atom. The Morgan fingerprint density at radius 3 is 1.31 bits per heavy atom. The van der Waals surface area contributed by atoms with Crippen molar-refractivity contribution < 1.29 is 33.3 Å². The maximum Gasteiger partial charge on any atom is 0.256 e. The molecular formula is C66H83ClN14O10. The van der Waals surface area contributed by atoms with E-state index in [4.69, 9.17) is 30.5 Å². The van der Waals surface area contributed by atoms with E-state index in [1.165, 1.54) is 21.3 Å². The van der Waals surface area contributed by atoms with E-state index in [0.717, 1.165) is 71.8 Å². The summed E-state index contributed by atoms with van der Waals surface area (Å²) in [7, 11) is 10.5. The number of methoxy groups -OCH3 is 3. The minimum atomic E-state index is -0.368. The van der Waals surface area contributed by atoms with Crippen molar-refractivity contribution in [1.82, 2.24) is 69.5 Å². The molecule has 6 N–H and O–H groups in total. The molecule has 0 aromatic carbocycles. The third-order valence-corrected chi connectivity index (χ3v) is 17.5. The zero-order valence-corrected chi connectivity index (χ0v) is 55.2. The van der Waals surface area contributed by atoms with Crippen LogP contribution < -0.4 is 46.8 Å². The smallest absolute Gasteiger partial charge is 0.256 e. The fourth-order valence-corrected chi connectivity index (χ4v) is 12.2. The fraction of sp³-hybridized carbons (Fsp3) is 0.409. The van der Waals surface area contributed by atoms with Gasteiger partial charge in [0.05, 0.1) is 113 Å². The quantitative estimate of drug-likeness (QED) is 0.0445. The molecule has 0 bridgehead atoms. The summed E-state index contributed by atoms with van der Waals surface area (Å²) >= 11 is 6.81. The number of rotatable bonds is 19. The molecule has 0 saturated carbocycles. The number of carbonyl (C=O) groups excluding carboxylic acids is 3. The first-order valence-corrected chi connectivity index (χ1v) is 30.5. The number of pyridine rings is 3. The number of amides is 3. The van der Waals surface area contributed by atoms with Crippen LogP contribution in [0.3, 0.4) is 0 Å². The molecule has 25 heteroatoms. The zero-order valence-electron chi connectivity index (χ0n) is 54.4. The van der Waals surface area contributed by atoms with Gasteiger partial charge in [0, 0.05) is 66.9 Å². The third kappa shape index (κ3) is 14.4. The van der Waals surface area contributed by atoms with Crippen LogP contribution in [0.4, 0.5) is 0 Å². The molecule has 0 spiro atoms. The monoisotopic (exact) mass is 1270 g/mol. The zero-order chi connectivity index (χ0) is 66.1. The van der Waals surface area contributed by atoms with Gasteiger partial charge in [-0.3, -0.25) is 33.7 Å². The molecule has 9 aromatic heterocycles. The molecule has 3 unspecified atom stereocenters. The van der Waals surface area contributed by atoms with Crippen molar-refractivity contribution in [2.75, 3.05) is 62.2 Å². The largest absolute Gasteiger partial charge is 0.496 e. The van der Waals surface area contributed by atoms with Crippen molar-refractivity contribution in [3.8, 4) is 17.2 Å². The Hall–Kier alpha value is -9.10. The first kappa shape index (κ1) is 67.8. The molecule has 3 atom stereocenters. The van der Waals surface area contributed by atoms with Crippen molar-refractivity contribution >= 4 is 45.9 Å². The van der Waals surface area contributed by atoms with Crippen molar-refractivity contribution in [2.45, 2.75) is 113 Å². The molecule has 0 aliphatic carbocycles. The number of aryl methyl sites for hydroxylation is 3. The minimum absolute atomic E-state index is 0.0103. The lowest BCUT2D eigenvalue weighted by atomic mass is 9.85. The summed E-state index contributed by atoms with van der Waals surface area (Å²) in [6.07, 6.45) is 6.98. The third-order valence-electron chi connectivity index (χ3n) is 17.1. The summed E-state index contributed by atoms with van der Waals surface area (Å²) in [6.45, 7) is 20.1. The van der Waals surface area contributed by atoms with Gasteiger partial charge in [0.1, 0.15) is 17.2 Å². The van der Waals surface area contributed by atoms with Crippen molar-refractivity contribution in [1.29, 1.82) is 0 Å². The summed E-state index contributed by atoms with van der Waals surface area (Å²) in [5.74, 6) is 0.958. The number of aromatic amines is 3. The van der Waals surface area contributed by atoms with Crippen LogP contribution in [0.2, 0.25) is 5.02 Å². The Labute approximate surface area is 532 Å². The van der Waals surface area contributed by atoms with E-state index in [1.54, 1.807) is 68.1 Å². The van der Waals surface area contributed by atoms with Gasteiger partial charge >= 0.3 is 0 Å². The van der Waals surface area contributed by atoms with Crippen LogP contribution in [0.15, 0.2) is 87.6 Å². The van der Waals surface area contributed by atoms with Crippen LogP contribution >= 0.6 is 11.6 Å². The van der Waals surface area contributed by atoms with E-state index in [-0.39, 0.29) is 72.0 Å². The van der Waals surface area contributed by atoms with E-state index < -0.39 is 0 Å². The molecule has 3 amide bonds. The second-order valence-electron chi connectivity index (χ2n) is 23.0. The minimum Gasteiger partial charge on any atom is -0.496 e. The van der Waals surface area contributed by atoms with Gasteiger partial charge in [-0.25, -0.2) is 13.5 Å². The Balaban J connectivity index is 0.000000176. The lowest BCUT2D eigenvalue weighted by Gasteiger charge is -2.27. The number of hydrogen-bond donors (Lipinski definition) is 6. The van der Waals surface area contributed by atoms with Gasteiger partial charge in [-0.2, -0.15) is 15.3 Å². The number of aromatic nitrogens is 9. The van der Waals surface area contributed by atoms with Gasteiger partial charge in [0.25, 0.3) is 34.4 Å². The predicted octanol–water partition coefficient (Wildman–Crippen LogP) is 8.24. The maximum atomic E-state index is 13.2. The van der Waals surface area contributed by atoms with Crippen LogP contribution in [0, 0.1) is 40.5 Å². The second-order valence-corrected chi connectivity index (χ2v) is 23.3. The highest BCUT2D eigenvalue weighted by Crippen LogP contribution is 2.40. The summed E-state index contributed by atoms with van der Waals surface area (Å²) < 4.78 is 26.9. The highest BCUT2D eigenvalue weighted by atomic mass is 35.5. The molecule has 1 aliphatic rings. The van der Waals surface area contributed by atoms with Crippen LogP contribution in [-0.2, 0) is 24.4 Å². The van der Waals surface area contributed by atoms with Crippen molar-refractivity contribution in [2.24, 2.45) is 5.92 Å². The topological polar surface area (TPSA) is 281 Å². The molecule has 1 aliphatic heterocycles. The second kappa shape index (κ2) is 29.7. The Bertz CT molecular complexity index is 4310. The van der Waals surface area contributed by atoms with Gasteiger partial charge < -0.3 is 54.7 Å². The lowest BCUT2D eigenvalue weighted by Crippen LogP contribution is -2.28. The number of nitrogens with zero attached hydrogens (tertiary/aromatic N) is 8. The van der Waals surface area contributed by atoms with Crippen LogP contribution in [0.1, 0.15) is 152 Å². The molecular weight excluding hydrogens is 1180 g/mol. The standard InChI is InChI=1S/C23H27ClN4O4.C22H29N5O3.C21H27N5O3/c1-13-11-18(31-3)16(22(29)27-13)12-25-23(30)19-17-5-4-8-26-28(17)21(20(19)24)14(2)15-6-9-32-10-7-15;1-7-26(5)15(4)20-14(3)19(17-9-8-10-24-27(17)20)22(29)23-12-16-18(30-6)11-13(2)25-21(16)28;1-12-10-17(29-6)15(20(27)24-12)11-22-21(28)18-13(2)19(14(3)25(4)5)26-16(18)8-7-9-23-26/h4-5,8,11,14-15H,6-7,9-10,12H2,1-3H3,(H,25,30)(H,27,29);8-11,15H,7,12H2,1-6H3,(H,23,29)(H,25,28);7-10,14H,11H2,1-6H3,(H,22,28)(H,24,27). The molecule has 1 fully saturated rings. The Morgan fingerprint density at radius 1 is 0.593 bits per heavy atom. The normalized spacial score (nSPS) is 13.5. The number of hydrogen-bond acceptors (Lipinski definition) is 15. The van der Waals surface area contributed by atoms with Crippen molar-refractivity contribution in [3.05, 3.63) is 188 Å². The summed E-state index contributed by atoms with van der Waals surface area (Å²) in [6, 6.07) is 16.3. The molecule has 0 radical (unpaired) electrons. The van der Waals surface area contributed by atoms with Gasteiger partial charge in [-0.1, -0.05) is 25.4 Å². The molecule has 10 heterocycles. The Kier molecular flexibility index (Phi) is 22.1. The number of nitrogens with one attached hydrogen (secondary N) is 6. The van der Waals surface area contributed by atoms with E-state index in [2.05, 4.69) is 83.7 Å². The fourth-order valence-electron chi connectivity index (χ4n) is 11.8. The highest BCUT2D eigenvalue weighted by molar-refractivity contribution is 6.36. The van der Waals surface area contributed by atoms with Gasteiger partial charge in [0.2, 0.25) is 0 Å². The summed E-state index contributed by atoms with van der Waals surface area (Å²) in [5, 5.41) is 22.4. The van der Waals surface area contributed by atoms with E-state index >= 15 is 0 Å². The first-order chi connectivity index (χ1) is 43.5. The molecule has 9 aromatic rings. The number of H-pyrrole nitrogens is 3. The molecule has 24 nitrogen and oxygen atoms in total. The molecule has 1 saturated heterocycles. The lowest BCUT2D eigenvalue weighted by molar-refractivity contribution is 0.0590. The SMILES string of the molecule is CCN(C)C(C)c1c(C)c(C(=O)NCc2c(OC)cc(C)[nH]c2=O)c2cccnn12.COc1cc(C)[nH]c(=O)c1CNC(=O)c1c(C)c(C(C)N(C)C)n2ncccc12.COc1cc(C)[nH]c(=O)c1CNC(=O)c1c(Cl)c(C(C)C2CCOCC2)n2ncccc12. The summed E-state index contributed by atoms with van der Waals surface area (Å²) in [4.78, 5) is 89.1. The molecule has 10 rings (SSSR count). The number of halogens is 1. The van der Waals surface area contributed by atoms with Crippen LogP contribution in [0.25, 0.3) is 16.6 Å². The summed E-state index contributed by atoms with van der Waals surface area (Å²) in [5.41, 5.74) is 10.4. The van der Waals surface area contributed by atoms with E-state index in [0.29, 0.717) is 84.2 Å². The maximum absolute atomic E-state index is 13.2. The average molecular weight is 1270 g/mol. The van der Waals surface area contributed by atoms with Gasteiger partial charge in [-0.15, -0.1) is 0 Å². The molecule has 91 heavy (non-hydrogen) atoms. The van der Waals surface area contributed by atoms with Crippen molar-refractivity contribution in [3.63, 3.8) is 0 Å².